The van der Waals surface area contributed by atoms with Gasteiger partial charge in [-0.2, -0.15) is 0 Å². The van der Waals surface area contributed by atoms with Crippen molar-refractivity contribution in [1.29, 1.82) is 0 Å². The van der Waals surface area contributed by atoms with Gasteiger partial charge < -0.3 is 20.1 Å². The van der Waals surface area contributed by atoms with E-state index in [1.807, 2.05) is 0 Å². The molecule has 0 aromatic carbocycles. The first kappa shape index (κ1) is 25.1. The molecule has 2 unspecified atom stereocenters. The molecule has 154 valence electrons. The standard InChI is InChI=1S/C21H40O5/c1-2-3-4-5-6-7-8-9-10-11-12-13-14-15-16-17-20(24)26-21(25)19(23)18-22/h9-10,19,21-23,25H,2-8,11-18H2,1H3. The highest BCUT2D eigenvalue weighted by Gasteiger charge is 2.19. The molecular weight excluding hydrogens is 332 g/mol. The van der Waals surface area contributed by atoms with Gasteiger partial charge in [-0.1, -0.05) is 70.4 Å². The molecule has 0 aromatic heterocycles. The van der Waals surface area contributed by atoms with Crippen molar-refractivity contribution >= 4 is 5.97 Å². The third kappa shape index (κ3) is 16.6. The Hall–Kier alpha value is -0.910. The maximum atomic E-state index is 11.4. The van der Waals surface area contributed by atoms with Crippen LogP contribution in [0.2, 0.25) is 0 Å². The number of hydrogen-bond donors (Lipinski definition) is 3. The van der Waals surface area contributed by atoms with Crippen LogP contribution in [0, 0.1) is 0 Å². The molecule has 3 N–H and O–H groups in total. The Morgan fingerprint density at radius 1 is 0.846 bits per heavy atom. The van der Waals surface area contributed by atoms with Crippen molar-refractivity contribution in [3.63, 3.8) is 0 Å². The number of hydrogen-bond acceptors (Lipinski definition) is 5. The summed E-state index contributed by atoms with van der Waals surface area (Å²) in [5, 5.41) is 27.0. The summed E-state index contributed by atoms with van der Waals surface area (Å²) in [5.74, 6) is -0.539. The minimum absolute atomic E-state index is 0.230. The Bertz CT molecular complexity index is 343. The zero-order valence-corrected chi connectivity index (χ0v) is 16.6. The molecule has 0 bridgehead atoms. The summed E-state index contributed by atoms with van der Waals surface area (Å²) >= 11 is 0. The predicted molar refractivity (Wildman–Crippen MR) is 105 cm³/mol. The third-order valence-corrected chi connectivity index (χ3v) is 4.41. The average Bonchev–Trinajstić information content (AvgIpc) is 2.64. The van der Waals surface area contributed by atoms with Crippen LogP contribution in [0.4, 0.5) is 0 Å². The van der Waals surface area contributed by atoms with Crippen LogP contribution in [0.5, 0.6) is 0 Å². The summed E-state index contributed by atoms with van der Waals surface area (Å²) in [6.07, 6.45) is 17.2. The van der Waals surface area contributed by atoms with E-state index in [2.05, 4.69) is 23.8 Å². The number of allylic oxidation sites excluding steroid dienone is 2. The minimum Gasteiger partial charge on any atom is -0.433 e. The van der Waals surface area contributed by atoms with Gasteiger partial charge in [-0.05, 0) is 32.1 Å². The monoisotopic (exact) mass is 372 g/mol. The van der Waals surface area contributed by atoms with Crippen LogP contribution in [-0.4, -0.2) is 40.3 Å². The van der Waals surface area contributed by atoms with E-state index in [-0.39, 0.29) is 6.42 Å². The zero-order valence-electron chi connectivity index (χ0n) is 16.6. The van der Waals surface area contributed by atoms with Crippen LogP contribution in [0.3, 0.4) is 0 Å². The molecule has 0 fully saturated rings. The van der Waals surface area contributed by atoms with E-state index < -0.39 is 25.0 Å². The van der Waals surface area contributed by atoms with Gasteiger partial charge in [-0.3, -0.25) is 4.79 Å². The van der Waals surface area contributed by atoms with Crippen molar-refractivity contribution in [1.82, 2.24) is 0 Å². The van der Waals surface area contributed by atoms with Crippen LogP contribution in [0.1, 0.15) is 96.8 Å². The average molecular weight is 373 g/mol. The Labute approximate surface area is 159 Å². The largest absolute Gasteiger partial charge is 0.433 e. The van der Waals surface area contributed by atoms with Crippen LogP contribution >= 0.6 is 0 Å². The van der Waals surface area contributed by atoms with E-state index in [0.717, 1.165) is 25.7 Å². The normalized spacial score (nSPS) is 13.8. The van der Waals surface area contributed by atoms with E-state index in [0.29, 0.717) is 6.42 Å². The second kappa shape index (κ2) is 18.9. The second-order valence-corrected chi connectivity index (χ2v) is 6.96. The number of aliphatic hydroxyl groups excluding tert-OH is 3. The Morgan fingerprint density at radius 2 is 1.35 bits per heavy atom. The molecule has 5 heteroatoms. The number of unbranched alkanes of at least 4 members (excludes halogenated alkanes) is 11. The summed E-state index contributed by atoms with van der Waals surface area (Å²) in [6.45, 7) is 1.61. The van der Waals surface area contributed by atoms with Crippen LogP contribution < -0.4 is 0 Å². The van der Waals surface area contributed by atoms with Crippen LogP contribution in [0.25, 0.3) is 0 Å². The summed E-state index contributed by atoms with van der Waals surface area (Å²) in [6, 6.07) is 0. The van der Waals surface area contributed by atoms with E-state index in [4.69, 9.17) is 10.2 Å². The summed E-state index contributed by atoms with van der Waals surface area (Å²) in [5.41, 5.74) is 0. The number of rotatable bonds is 18. The van der Waals surface area contributed by atoms with Crippen molar-refractivity contribution in [2.24, 2.45) is 0 Å². The fourth-order valence-electron chi connectivity index (χ4n) is 2.70. The van der Waals surface area contributed by atoms with Gasteiger partial charge in [0.25, 0.3) is 0 Å². The van der Waals surface area contributed by atoms with Crippen molar-refractivity contribution in [3.8, 4) is 0 Å². The second-order valence-electron chi connectivity index (χ2n) is 6.96. The van der Waals surface area contributed by atoms with Gasteiger partial charge in [0.15, 0.2) is 0 Å². The molecule has 0 saturated heterocycles. The van der Waals surface area contributed by atoms with Gasteiger partial charge >= 0.3 is 5.97 Å². The number of carbonyl (C=O) groups excluding carboxylic acids is 1. The molecule has 0 aromatic rings. The van der Waals surface area contributed by atoms with Crippen LogP contribution in [0.15, 0.2) is 12.2 Å². The molecule has 0 spiro atoms. The smallest absolute Gasteiger partial charge is 0.308 e. The highest BCUT2D eigenvalue weighted by atomic mass is 16.6. The molecule has 0 aliphatic heterocycles. The Balaban J connectivity index is 3.33. The highest BCUT2D eigenvalue weighted by Crippen LogP contribution is 2.10. The van der Waals surface area contributed by atoms with Gasteiger partial charge in [0, 0.05) is 6.42 Å². The number of ether oxygens (including phenoxy) is 1. The van der Waals surface area contributed by atoms with E-state index in [9.17, 15) is 9.90 Å². The number of carbonyl (C=O) groups is 1. The molecule has 0 aliphatic carbocycles. The van der Waals surface area contributed by atoms with Crippen molar-refractivity contribution < 1.29 is 24.9 Å². The first-order chi connectivity index (χ1) is 12.6. The molecule has 0 amide bonds. The predicted octanol–water partition coefficient (Wildman–Crippen LogP) is 4.24. The third-order valence-electron chi connectivity index (χ3n) is 4.41. The minimum atomic E-state index is -1.64. The number of aliphatic hydroxyl groups is 3. The fraction of sp³-hybridized carbons (Fsp3) is 0.857. The van der Waals surface area contributed by atoms with E-state index in [1.165, 1.54) is 51.4 Å². The topological polar surface area (TPSA) is 87.0 Å². The van der Waals surface area contributed by atoms with Gasteiger partial charge in [0.2, 0.25) is 6.29 Å². The summed E-state index contributed by atoms with van der Waals surface area (Å²) in [7, 11) is 0. The van der Waals surface area contributed by atoms with Gasteiger partial charge in [0.05, 0.1) is 6.61 Å². The lowest BCUT2D eigenvalue weighted by Gasteiger charge is -2.15. The lowest BCUT2D eigenvalue weighted by molar-refractivity contribution is -0.190. The Kier molecular flexibility index (Phi) is 18.2. The molecule has 0 aliphatic rings. The van der Waals surface area contributed by atoms with Crippen molar-refractivity contribution in [3.05, 3.63) is 12.2 Å². The number of esters is 1. The molecule has 0 heterocycles. The molecule has 26 heavy (non-hydrogen) atoms. The molecule has 2 atom stereocenters. The SMILES string of the molecule is CCCCCCCCC=CCCCCCCCC(=O)OC(O)C(O)CO. The lowest BCUT2D eigenvalue weighted by Crippen LogP contribution is -2.33. The fourth-order valence-corrected chi connectivity index (χ4v) is 2.70. The van der Waals surface area contributed by atoms with E-state index >= 15 is 0 Å². The van der Waals surface area contributed by atoms with E-state index in [1.54, 1.807) is 0 Å². The highest BCUT2D eigenvalue weighted by molar-refractivity contribution is 5.69. The first-order valence-electron chi connectivity index (χ1n) is 10.4. The van der Waals surface area contributed by atoms with Crippen molar-refractivity contribution in [2.75, 3.05) is 6.61 Å². The maximum absolute atomic E-state index is 11.4. The molecule has 0 radical (unpaired) electrons. The van der Waals surface area contributed by atoms with Gasteiger partial charge in [-0.25, -0.2) is 0 Å². The molecule has 5 nitrogen and oxygen atoms in total. The Morgan fingerprint density at radius 3 is 1.88 bits per heavy atom. The van der Waals surface area contributed by atoms with Gasteiger partial charge in [0.1, 0.15) is 6.10 Å². The molecular formula is C21H40O5. The molecule has 0 rings (SSSR count). The zero-order chi connectivity index (χ0) is 19.5. The summed E-state index contributed by atoms with van der Waals surface area (Å²) in [4.78, 5) is 11.4. The summed E-state index contributed by atoms with van der Waals surface area (Å²) < 4.78 is 4.62. The molecule has 0 saturated carbocycles. The van der Waals surface area contributed by atoms with Crippen LogP contribution in [-0.2, 0) is 9.53 Å². The lowest BCUT2D eigenvalue weighted by atomic mass is 10.1. The van der Waals surface area contributed by atoms with Gasteiger partial charge in [-0.15, -0.1) is 0 Å². The first-order valence-corrected chi connectivity index (χ1v) is 10.4. The van der Waals surface area contributed by atoms with Crippen molar-refractivity contribution in [2.45, 2.75) is 109 Å². The maximum Gasteiger partial charge on any atom is 0.308 e. The quantitative estimate of drug-likeness (QED) is 0.145.